The van der Waals surface area contributed by atoms with Crippen LogP contribution in [0.4, 0.5) is 0 Å². The first-order valence-corrected chi connectivity index (χ1v) is 8.11. The van der Waals surface area contributed by atoms with Gasteiger partial charge in [0.25, 0.3) is 0 Å². The van der Waals surface area contributed by atoms with Crippen LogP contribution in [0.3, 0.4) is 0 Å². The molecule has 0 fully saturated rings. The minimum atomic E-state index is -0.318. The van der Waals surface area contributed by atoms with Gasteiger partial charge in [-0.05, 0) is 35.6 Å². The van der Waals surface area contributed by atoms with Gasteiger partial charge in [0.05, 0.1) is 11.6 Å². The maximum atomic E-state index is 12.3. The van der Waals surface area contributed by atoms with Crippen molar-refractivity contribution < 1.29 is 4.79 Å². The van der Waals surface area contributed by atoms with Gasteiger partial charge < -0.3 is 4.90 Å². The van der Waals surface area contributed by atoms with Gasteiger partial charge in [0.1, 0.15) is 0 Å². The van der Waals surface area contributed by atoms with Crippen molar-refractivity contribution in [2.45, 2.75) is 45.7 Å². The fraction of sp³-hybridized carbons (Fsp3) is 0.350. The van der Waals surface area contributed by atoms with E-state index in [1.54, 1.807) is 6.92 Å². The van der Waals surface area contributed by atoms with Crippen LogP contribution in [0.2, 0.25) is 0 Å². The molecule has 0 saturated carbocycles. The number of hydrogen-bond donors (Lipinski definition) is 0. The first-order chi connectivity index (χ1) is 10.6. The SMILES string of the molecule is CC.CC(=O)N1C2Cc3ccccc3C1(C)c1ccccc12. The van der Waals surface area contributed by atoms with Gasteiger partial charge in [0.15, 0.2) is 0 Å². The highest BCUT2D eigenvalue weighted by atomic mass is 16.2. The maximum Gasteiger partial charge on any atom is 0.220 e. The standard InChI is InChI=1S/C18H17NO.C2H6/c1-12(20)19-17-11-13-7-3-5-9-15(13)18(19,2)16-10-6-4-8-14(16)17;1-2/h3-10,17H,11H2,1-2H3;1-2H3. The van der Waals surface area contributed by atoms with E-state index in [-0.39, 0.29) is 17.5 Å². The molecule has 2 nitrogen and oxygen atoms in total. The van der Waals surface area contributed by atoms with Crippen molar-refractivity contribution >= 4 is 5.91 Å². The van der Waals surface area contributed by atoms with Crippen molar-refractivity contribution in [2.24, 2.45) is 0 Å². The van der Waals surface area contributed by atoms with Crippen molar-refractivity contribution in [3.8, 4) is 0 Å². The van der Waals surface area contributed by atoms with E-state index in [1.165, 1.54) is 22.3 Å². The molecule has 114 valence electrons. The molecule has 2 unspecified atom stereocenters. The number of benzene rings is 2. The molecule has 2 atom stereocenters. The summed E-state index contributed by atoms with van der Waals surface area (Å²) in [6.07, 6.45) is 0.919. The number of fused-ring (bicyclic) bond motifs is 7. The molecule has 0 spiro atoms. The van der Waals surface area contributed by atoms with Crippen LogP contribution >= 0.6 is 0 Å². The predicted octanol–water partition coefficient (Wildman–Crippen LogP) is 4.44. The molecule has 2 heterocycles. The summed E-state index contributed by atoms with van der Waals surface area (Å²) in [4.78, 5) is 14.3. The molecule has 2 heteroatoms. The number of carbonyl (C=O) groups excluding carboxylic acids is 1. The van der Waals surface area contributed by atoms with Gasteiger partial charge in [0, 0.05) is 6.92 Å². The van der Waals surface area contributed by atoms with Gasteiger partial charge in [-0.3, -0.25) is 4.79 Å². The fourth-order valence-electron chi connectivity index (χ4n) is 4.20. The van der Waals surface area contributed by atoms with Gasteiger partial charge in [-0.15, -0.1) is 0 Å². The largest absolute Gasteiger partial charge is 0.322 e. The quantitative estimate of drug-likeness (QED) is 0.703. The predicted molar refractivity (Wildman–Crippen MR) is 89.7 cm³/mol. The van der Waals surface area contributed by atoms with Crippen molar-refractivity contribution in [1.82, 2.24) is 4.90 Å². The van der Waals surface area contributed by atoms with Crippen LogP contribution in [-0.4, -0.2) is 10.8 Å². The summed E-state index contributed by atoms with van der Waals surface area (Å²) in [5, 5.41) is 0. The molecular weight excluding hydrogens is 270 g/mol. The molecule has 4 rings (SSSR count). The number of amides is 1. The van der Waals surface area contributed by atoms with Crippen molar-refractivity contribution in [2.75, 3.05) is 0 Å². The van der Waals surface area contributed by atoms with E-state index in [1.807, 2.05) is 13.8 Å². The summed E-state index contributed by atoms with van der Waals surface area (Å²) < 4.78 is 0. The van der Waals surface area contributed by atoms with Gasteiger partial charge >= 0.3 is 0 Å². The Hall–Kier alpha value is -2.09. The van der Waals surface area contributed by atoms with Crippen LogP contribution in [0.15, 0.2) is 48.5 Å². The second-order valence-corrected chi connectivity index (χ2v) is 5.93. The van der Waals surface area contributed by atoms with Gasteiger partial charge in [0.2, 0.25) is 5.91 Å². The Morgan fingerprint density at radius 1 is 1.05 bits per heavy atom. The van der Waals surface area contributed by atoms with Crippen molar-refractivity contribution in [3.05, 3.63) is 70.8 Å². The first-order valence-electron chi connectivity index (χ1n) is 8.11. The van der Waals surface area contributed by atoms with Gasteiger partial charge in [-0.25, -0.2) is 0 Å². The Morgan fingerprint density at radius 2 is 1.64 bits per heavy atom. The monoisotopic (exact) mass is 293 g/mol. The zero-order valence-electron chi connectivity index (χ0n) is 13.8. The van der Waals surface area contributed by atoms with Crippen LogP contribution in [-0.2, 0) is 16.8 Å². The number of hydrogen-bond acceptors (Lipinski definition) is 1. The Balaban J connectivity index is 0.000000693. The summed E-state index contributed by atoms with van der Waals surface area (Å²) in [5.74, 6) is 0.156. The van der Waals surface area contributed by atoms with Crippen LogP contribution in [0, 0.1) is 0 Å². The fourth-order valence-corrected chi connectivity index (χ4v) is 4.20. The third kappa shape index (κ3) is 1.76. The van der Waals surface area contributed by atoms with Crippen molar-refractivity contribution in [1.29, 1.82) is 0 Å². The first kappa shape index (κ1) is 14.8. The molecule has 2 aromatic rings. The molecule has 22 heavy (non-hydrogen) atoms. The molecule has 0 radical (unpaired) electrons. The molecule has 2 aliphatic rings. The highest BCUT2D eigenvalue weighted by molar-refractivity contribution is 5.79. The summed E-state index contributed by atoms with van der Waals surface area (Å²) in [7, 11) is 0. The molecular formula is C20H23NO. The number of rotatable bonds is 0. The summed E-state index contributed by atoms with van der Waals surface area (Å²) in [6.45, 7) is 7.87. The third-order valence-corrected chi connectivity index (χ3v) is 4.93. The average molecular weight is 293 g/mol. The molecule has 2 aromatic carbocycles. The summed E-state index contributed by atoms with van der Waals surface area (Å²) in [6, 6.07) is 17.2. The highest BCUT2D eigenvalue weighted by Crippen LogP contribution is 2.55. The zero-order valence-corrected chi connectivity index (χ0v) is 13.8. The lowest BCUT2D eigenvalue weighted by Crippen LogP contribution is -2.47. The number of carbonyl (C=O) groups is 1. The molecule has 2 bridgehead atoms. The molecule has 0 N–H and O–H groups in total. The van der Waals surface area contributed by atoms with E-state index in [9.17, 15) is 4.79 Å². The topological polar surface area (TPSA) is 20.3 Å². The van der Waals surface area contributed by atoms with E-state index in [0.29, 0.717) is 0 Å². The van der Waals surface area contributed by atoms with Crippen LogP contribution in [0.1, 0.15) is 56.0 Å². The Kier molecular flexibility index (Phi) is 3.56. The van der Waals surface area contributed by atoms with Gasteiger partial charge in [-0.1, -0.05) is 62.4 Å². The van der Waals surface area contributed by atoms with E-state index in [4.69, 9.17) is 0 Å². The Bertz CT molecular complexity index is 708. The van der Waals surface area contributed by atoms with Crippen LogP contribution in [0.25, 0.3) is 0 Å². The van der Waals surface area contributed by atoms with Crippen molar-refractivity contribution in [3.63, 3.8) is 0 Å². The molecule has 0 aromatic heterocycles. The highest BCUT2D eigenvalue weighted by Gasteiger charge is 2.53. The van der Waals surface area contributed by atoms with Gasteiger partial charge in [-0.2, -0.15) is 0 Å². The molecule has 0 saturated heterocycles. The molecule has 0 aliphatic carbocycles. The lowest BCUT2D eigenvalue weighted by atomic mass is 9.80. The van der Waals surface area contributed by atoms with E-state index < -0.39 is 0 Å². The van der Waals surface area contributed by atoms with Crippen LogP contribution in [0.5, 0.6) is 0 Å². The number of nitrogens with zero attached hydrogens (tertiary/aromatic N) is 1. The lowest BCUT2D eigenvalue weighted by molar-refractivity contribution is -0.136. The van der Waals surface area contributed by atoms with E-state index >= 15 is 0 Å². The second-order valence-electron chi connectivity index (χ2n) is 5.93. The molecule has 1 amide bonds. The Labute approximate surface area is 132 Å². The summed E-state index contributed by atoms with van der Waals surface area (Å²) in [5.41, 5.74) is 4.92. The minimum Gasteiger partial charge on any atom is -0.322 e. The van der Waals surface area contributed by atoms with Crippen LogP contribution < -0.4 is 0 Å². The average Bonchev–Trinajstić information content (AvgIpc) is 2.74. The summed E-state index contributed by atoms with van der Waals surface area (Å²) >= 11 is 0. The molecule has 2 aliphatic heterocycles. The Morgan fingerprint density at radius 3 is 2.32 bits per heavy atom. The van der Waals surface area contributed by atoms with E-state index in [2.05, 4.69) is 60.4 Å². The maximum absolute atomic E-state index is 12.3. The van der Waals surface area contributed by atoms with E-state index in [0.717, 1.165) is 6.42 Å². The normalized spacial score (nSPS) is 24.0. The lowest BCUT2D eigenvalue weighted by Gasteiger charge is -2.44. The zero-order chi connectivity index (χ0) is 15.9. The smallest absolute Gasteiger partial charge is 0.220 e. The third-order valence-electron chi connectivity index (χ3n) is 4.93. The second kappa shape index (κ2) is 5.28. The minimum absolute atomic E-state index is 0.156.